The summed E-state index contributed by atoms with van der Waals surface area (Å²) in [5, 5.41) is 24.1. The van der Waals surface area contributed by atoms with E-state index in [0.717, 1.165) is 75.0 Å². The van der Waals surface area contributed by atoms with Gasteiger partial charge in [-0.2, -0.15) is 0 Å². The van der Waals surface area contributed by atoms with Gasteiger partial charge >= 0.3 is 6.09 Å². The summed E-state index contributed by atoms with van der Waals surface area (Å²) < 4.78 is -0.236. The van der Waals surface area contributed by atoms with Crippen molar-refractivity contribution in [2.45, 2.75) is 49.3 Å². The van der Waals surface area contributed by atoms with Crippen LogP contribution >= 0.6 is 47.0 Å². The first kappa shape index (κ1) is 50.3. The number of H-pyrrole nitrogens is 1. The van der Waals surface area contributed by atoms with Crippen molar-refractivity contribution in [2.24, 2.45) is 10.9 Å². The number of carbonyl (C=O) groups is 4. The van der Waals surface area contributed by atoms with E-state index in [0.29, 0.717) is 50.6 Å². The molecule has 62 heavy (non-hydrogen) atoms. The van der Waals surface area contributed by atoms with Crippen molar-refractivity contribution in [3.8, 4) is 22.3 Å². The molecule has 0 spiro atoms. The molecular formula is C44H60N8O6S4. The van der Waals surface area contributed by atoms with Crippen LogP contribution in [0.2, 0.25) is 0 Å². The van der Waals surface area contributed by atoms with Crippen molar-refractivity contribution < 1.29 is 29.4 Å². The van der Waals surface area contributed by atoms with Crippen LogP contribution < -0.4 is 16.0 Å². The Morgan fingerprint density at radius 3 is 1.90 bits per heavy atom. The summed E-state index contributed by atoms with van der Waals surface area (Å²) in [6, 6.07) is 20.3. The third kappa shape index (κ3) is 15.2. The highest BCUT2D eigenvalue weighted by atomic mass is 32.2. The number of imidazole rings is 1. The molecule has 2 fully saturated rings. The maximum absolute atomic E-state index is 13.1. The van der Waals surface area contributed by atoms with Gasteiger partial charge in [-0.15, -0.1) is 47.0 Å². The summed E-state index contributed by atoms with van der Waals surface area (Å²) in [5.41, 5.74) is 7.19. The van der Waals surface area contributed by atoms with E-state index in [9.17, 15) is 19.2 Å². The first-order chi connectivity index (χ1) is 29.7. The lowest BCUT2D eigenvalue weighted by Gasteiger charge is -2.31. The van der Waals surface area contributed by atoms with Crippen molar-refractivity contribution in [1.82, 2.24) is 30.4 Å². The van der Waals surface area contributed by atoms with Crippen LogP contribution in [0.5, 0.6) is 0 Å². The Morgan fingerprint density at radius 2 is 1.35 bits per heavy atom. The monoisotopic (exact) mass is 924 g/mol. The SMILES string of the molecule is C=Nc1cc(-c2ccc(-c3ccc4nc(CN(CC5(C)SCCS5)C(=O)CNC=O)[nH]c4c3)cc2)ccc1NCCN(CC1(C)SCCS1)C(=O)CNC(=O)O.CC(C)C.CO. The smallest absolute Gasteiger partial charge is 0.405 e. The number of hydrogen-bond acceptors (Lipinski definition) is 12. The molecule has 1 aromatic heterocycles. The van der Waals surface area contributed by atoms with E-state index in [1.165, 1.54) is 0 Å². The summed E-state index contributed by atoms with van der Waals surface area (Å²) in [7, 11) is 1.00. The Kier molecular flexibility index (Phi) is 19.9. The highest BCUT2D eigenvalue weighted by Crippen LogP contribution is 2.45. The van der Waals surface area contributed by atoms with Crippen molar-refractivity contribution in [3.05, 3.63) is 66.5 Å². The lowest BCUT2D eigenvalue weighted by Crippen LogP contribution is -2.46. The molecule has 0 aliphatic carbocycles. The molecule has 14 nitrogen and oxygen atoms in total. The van der Waals surface area contributed by atoms with Gasteiger partial charge in [0.1, 0.15) is 12.4 Å². The highest BCUT2D eigenvalue weighted by Gasteiger charge is 2.35. The third-order valence-corrected chi connectivity index (χ3v) is 16.0. The molecule has 2 aliphatic rings. The van der Waals surface area contributed by atoms with Crippen LogP contribution in [0.15, 0.2) is 65.7 Å². The molecule has 18 heteroatoms. The molecule has 2 aliphatic heterocycles. The summed E-state index contributed by atoms with van der Waals surface area (Å²) in [6.45, 7) is 16.5. The molecule has 6 N–H and O–H groups in total. The molecule has 0 atom stereocenters. The van der Waals surface area contributed by atoms with Gasteiger partial charge in [0, 0.05) is 56.3 Å². The third-order valence-electron chi connectivity index (χ3n) is 9.47. The van der Waals surface area contributed by atoms with Crippen LogP contribution in [0.3, 0.4) is 0 Å². The van der Waals surface area contributed by atoms with E-state index in [2.05, 4.69) is 97.6 Å². The number of aliphatic hydroxyl groups excluding tert-OH is 1. The maximum Gasteiger partial charge on any atom is 0.405 e. The van der Waals surface area contributed by atoms with Gasteiger partial charge in [-0.25, -0.2) is 9.78 Å². The van der Waals surface area contributed by atoms with Gasteiger partial charge in [0.05, 0.1) is 43.7 Å². The zero-order chi connectivity index (χ0) is 45.3. The fourth-order valence-electron chi connectivity index (χ4n) is 6.69. The van der Waals surface area contributed by atoms with E-state index in [4.69, 9.17) is 15.2 Å². The van der Waals surface area contributed by atoms with Gasteiger partial charge in [0.25, 0.3) is 0 Å². The Hall–Kier alpha value is -4.36. The molecular weight excluding hydrogens is 865 g/mol. The summed E-state index contributed by atoms with van der Waals surface area (Å²) in [5.74, 6) is 5.24. The summed E-state index contributed by atoms with van der Waals surface area (Å²) in [6.07, 6.45) is -0.680. The van der Waals surface area contributed by atoms with E-state index in [1.807, 2.05) is 77.4 Å². The number of nitrogens with one attached hydrogen (secondary N) is 4. The van der Waals surface area contributed by atoms with Crippen molar-refractivity contribution in [3.63, 3.8) is 0 Å². The van der Waals surface area contributed by atoms with Gasteiger partial charge in [0.2, 0.25) is 18.2 Å². The highest BCUT2D eigenvalue weighted by molar-refractivity contribution is 8.21. The second-order valence-electron chi connectivity index (χ2n) is 15.4. The van der Waals surface area contributed by atoms with Crippen molar-refractivity contribution in [1.29, 1.82) is 0 Å². The van der Waals surface area contributed by atoms with Gasteiger partial charge in [-0.05, 0) is 73.0 Å². The molecule has 3 aromatic carbocycles. The van der Waals surface area contributed by atoms with Crippen LogP contribution in [-0.2, 0) is 20.9 Å². The van der Waals surface area contributed by atoms with Gasteiger partial charge in [0.15, 0.2) is 0 Å². The van der Waals surface area contributed by atoms with Crippen molar-refractivity contribution >= 4 is 100 Å². The predicted octanol–water partition coefficient (Wildman–Crippen LogP) is 7.47. The zero-order valence-electron chi connectivity index (χ0n) is 36.4. The van der Waals surface area contributed by atoms with E-state index in [1.54, 1.807) is 9.80 Å². The Morgan fingerprint density at radius 1 is 0.839 bits per heavy atom. The number of benzene rings is 3. The lowest BCUT2D eigenvalue weighted by molar-refractivity contribution is -0.132. The Bertz CT molecular complexity index is 2100. The molecule has 336 valence electrons. The minimum atomic E-state index is -1.22. The largest absolute Gasteiger partial charge is 0.465 e. The fraction of sp³-hybridized carbons (Fsp3) is 0.455. The number of fused-ring (bicyclic) bond motifs is 1. The number of aliphatic imine (C=N–C) groups is 1. The van der Waals surface area contributed by atoms with Gasteiger partial charge in [-0.3, -0.25) is 19.4 Å². The van der Waals surface area contributed by atoms with Crippen LogP contribution in [0.4, 0.5) is 16.2 Å². The molecule has 0 unspecified atom stereocenters. The number of nitrogens with zero attached hydrogens (tertiary/aromatic N) is 4. The van der Waals surface area contributed by atoms with E-state index in [-0.39, 0.29) is 33.1 Å². The average Bonchev–Trinajstić information content (AvgIpc) is 4.01. The van der Waals surface area contributed by atoms with Crippen LogP contribution in [0.1, 0.15) is 40.4 Å². The van der Waals surface area contributed by atoms with Crippen LogP contribution in [-0.4, -0.2) is 139 Å². The molecule has 2 saturated heterocycles. The molecule has 0 saturated carbocycles. The standard InChI is InChI=1S/C39H46N8O5S4.C4H10.CH4O/c1-38(53-14-15-54-38)23-46(36(50)21-43-37(51)52)13-12-42-30-10-8-28(18-32(30)40-3)26-4-6-27(7-5-26)29-9-11-31-33(19-29)45-34(44-31)22-47(35(49)20-41-25-48)24-39(2)55-16-17-56-39;1-4(2)3;1-2/h4-11,18-19,25,42-43H,3,12-17,20-24H2,1-2H3,(H,41,48)(H,44,45)(H,51,52);4H,1-3H3;2H,1H3. The fourth-order valence-corrected chi connectivity index (χ4v) is 12.4. The topological polar surface area (TPSA) is 192 Å². The number of anilines is 1. The minimum absolute atomic E-state index is 0.0563. The van der Waals surface area contributed by atoms with Crippen LogP contribution in [0, 0.1) is 5.92 Å². The second kappa shape index (κ2) is 24.5. The number of thioether (sulfide) groups is 4. The summed E-state index contributed by atoms with van der Waals surface area (Å²) >= 11 is 7.35. The molecule has 4 amide bonds. The second-order valence-corrected chi connectivity index (χ2v) is 22.3. The number of carbonyl (C=O) groups excluding carboxylic acids is 3. The predicted molar refractivity (Wildman–Crippen MR) is 262 cm³/mol. The first-order valence-electron chi connectivity index (χ1n) is 20.3. The Labute approximate surface area is 382 Å². The molecule has 6 rings (SSSR count). The van der Waals surface area contributed by atoms with E-state index >= 15 is 0 Å². The van der Waals surface area contributed by atoms with Crippen molar-refractivity contribution in [2.75, 3.05) is 74.7 Å². The molecule has 3 heterocycles. The number of aromatic nitrogens is 2. The van der Waals surface area contributed by atoms with Gasteiger partial charge < -0.3 is 40.9 Å². The number of amides is 4. The number of hydrogen-bond donors (Lipinski definition) is 6. The van der Waals surface area contributed by atoms with Gasteiger partial charge in [-0.1, -0.05) is 57.2 Å². The average molecular weight is 925 g/mol. The number of carboxylic acid groups (broad SMARTS) is 1. The zero-order valence-corrected chi connectivity index (χ0v) is 39.6. The summed E-state index contributed by atoms with van der Waals surface area (Å²) in [4.78, 5) is 63.9. The maximum atomic E-state index is 13.1. The quantitative estimate of drug-likeness (QED) is 0.0427. The number of aromatic amines is 1. The minimum Gasteiger partial charge on any atom is -0.465 e. The Balaban J connectivity index is 0.00000133. The number of aliphatic hydroxyl groups is 1. The van der Waals surface area contributed by atoms with E-state index < -0.39 is 6.09 Å². The lowest BCUT2D eigenvalue weighted by atomic mass is 9.99. The normalized spacial score (nSPS) is 14.8. The molecule has 0 radical (unpaired) electrons. The molecule has 4 aromatic rings. The van der Waals surface area contributed by atoms with Crippen LogP contribution in [0.25, 0.3) is 33.3 Å². The molecule has 0 bridgehead atoms. The first-order valence-corrected chi connectivity index (χ1v) is 24.3. The number of rotatable bonds is 18.